The third-order valence-corrected chi connectivity index (χ3v) is 4.83. The number of rotatable bonds is 4. The van der Waals surface area contributed by atoms with Gasteiger partial charge in [0.1, 0.15) is 44.4 Å². The number of aliphatic hydroxyl groups excluding tert-OH is 1. The molecular weight excluding hydrogens is 318 g/mol. The fourth-order valence-electron chi connectivity index (χ4n) is 3.27. The minimum absolute atomic E-state index is 0.0177. The highest BCUT2D eigenvalue weighted by atomic mass is 16.3. The topological polar surface area (TPSA) is 98.6 Å². The number of benzene rings is 1. The molecule has 0 bridgehead atoms. The van der Waals surface area contributed by atoms with Gasteiger partial charge in [-0.25, -0.2) is 4.98 Å². The van der Waals surface area contributed by atoms with E-state index in [0.29, 0.717) is 17.4 Å². The van der Waals surface area contributed by atoms with E-state index in [2.05, 4.69) is 16.9 Å². The molecule has 25 heavy (non-hydrogen) atoms. The first-order valence-corrected chi connectivity index (χ1v) is 8.61. The summed E-state index contributed by atoms with van der Waals surface area (Å²) < 4.78 is 0. The first-order chi connectivity index (χ1) is 12.1. The summed E-state index contributed by atoms with van der Waals surface area (Å²) in [4.78, 5) is 21.9. The maximum Gasteiger partial charge on any atom is 0.259 e. The molecule has 4 N–H and O–H groups in total. The molecule has 1 saturated heterocycles. The standard InChI is InChI=1S/C18H21N5O2/c1-2-22-7-9-23(10-8-22)12-16(24)14(11-19)17-20-15-6-4-3-5-13(15)18(25)21-17/h3-6,24H,2,7-10,12H2,1H3,(H,20,21,25)/p+2. The number of aliphatic hydroxyl groups is 1. The Morgan fingerprint density at radius 3 is 2.64 bits per heavy atom. The minimum atomic E-state index is -0.311. The molecule has 0 amide bonds. The molecule has 1 aliphatic heterocycles. The van der Waals surface area contributed by atoms with E-state index in [0.717, 1.165) is 32.7 Å². The number of aromatic nitrogens is 2. The average molecular weight is 341 g/mol. The van der Waals surface area contributed by atoms with E-state index in [-0.39, 0.29) is 22.7 Å². The number of allylic oxidation sites excluding steroid dienone is 1. The highest BCUT2D eigenvalue weighted by molar-refractivity contribution is 5.81. The Kier molecular flexibility index (Phi) is 5.12. The molecule has 1 fully saturated rings. The van der Waals surface area contributed by atoms with Crippen molar-refractivity contribution in [3.8, 4) is 6.07 Å². The molecule has 0 spiro atoms. The summed E-state index contributed by atoms with van der Waals surface area (Å²) in [5.74, 6) is 0.108. The van der Waals surface area contributed by atoms with Gasteiger partial charge in [0.15, 0.2) is 11.6 Å². The van der Waals surface area contributed by atoms with Gasteiger partial charge in [-0.3, -0.25) is 4.79 Å². The lowest BCUT2D eigenvalue weighted by Crippen LogP contribution is -3.28. The maximum atomic E-state index is 12.2. The molecule has 0 radical (unpaired) electrons. The number of nitrogens with one attached hydrogen (secondary N) is 3. The number of aromatic amines is 1. The number of para-hydroxylation sites is 1. The molecule has 0 aliphatic carbocycles. The Hall–Kier alpha value is -2.69. The highest BCUT2D eigenvalue weighted by Crippen LogP contribution is 2.13. The van der Waals surface area contributed by atoms with Crippen LogP contribution in [0.1, 0.15) is 12.7 Å². The van der Waals surface area contributed by atoms with Crippen LogP contribution in [0.25, 0.3) is 16.5 Å². The molecule has 0 unspecified atom stereocenters. The SMILES string of the molecule is CC[NH+]1CC[NH+](CC(O)=C(C#N)c2nc3ccccc3c(=O)[nH]2)CC1. The molecule has 1 aromatic heterocycles. The second kappa shape index (κ2) is 7.47. The van der Waals surface area contributed by atoms with Gasteiger partial charge in [0, 0.05) is 0 Å². The van der Waals surface area contributed by atoms with Gasteiger partial charge in [-0.05, 0) is 19.1 Å². The van der Waals surface area contributed by atoms with Gasteiger partial charge in [0.25, 0.3) is 5.56 Å². The van der Waals surface area contributed by atoms with Crippen LogP contribution in [0.5, 0.6) is 0 Å². The van der Waals surface area contributed by atoms with Crippen LogP contribution in [0.2, 0.25) is 0 Å². The molecule has 7 heteroatoms. The molecule has 130 valence electrons. The summed E-state index contributed by atoms with van der Waals surface area (Å²) in [6.07, 6.45) is 0. The quantitative estimate of drug-likeness (QED) is 0.403. The predicted octanol–water partition coefficient (Wildman–Crippen LogP) is -1.48. The van der Waals surface area contributed by atoms with Crippen LogP contribution < -0.4 is 15.4 Å². The zero-order valence-electron chi connectivity index (χ0n) is 14.3. The summed E-state index contributed by atoms with van der Waals surface area (Å²) in [6, 6.07) is 8.95. The molecule has 7 nitrogen and oxygen atoms in total. The van der Waals surface area contributed by atoms with Gasteiger partial charge in [-0.15, -0.1) is 0 Å². The van der Waals surface area contributed by atoms with Gasteiger partial charge in [-0.1, -0.05) is 12.1 Å². The molecule has 0 atom stereocenters. The number of hydrogen-bond donors (Lipinski definition) is 4. The lowest BCUT2D eigenvalue weighted by molar-refractivity contribution is -1.01. The van der Waals surface area contributed by atoms with Crippen molar-refractivity contribution in [1.82, 2.24) is 9.97 Å². The Bertz CT molecular complexity index is 888. The van der Waals surface area contributed by atoms with Gasteiger partial charge in [0.2, 0.25) is 0 Å². The van der Waals surface area contributed by atoms with E-state index >= 15 is 0 Å². The Morgan fingerprint density at radius 1 is 1.28 bits per heavy atom. The molecule has 3 rings (SSSR count). The monoisotopic (exact) mass is 341 g/mol. The van der Waals surface area contributed by atoms with Crippen LogP contribution in [-0.2, 0) is 0 Å². The number of nitrogens with zero attached hydrogens (tertiary/aromatic N) is 2. The summed E-state index contributed by atoms with van der Waals surface area (Å²) >= 11 is 0. The number of fused-ring (bicyclic) bond motifs is 1. The van der Waals surface area contributed by atoms with Crippen LogP contribution in [0.4, 0.5) is 0 Å². The molecule has 1 aliphatic rings. The van der Waals surface area contributed by atoms with Gasteiger partial charge < -0.3 is 19.9 Å². The van der Waals surface area contributed by atoms with Crippen molar-refractivity contribution in [3.05, 3.63) is 46.2 Å². The van der Waals surface area contributed by atoms with Crippen molar-refractivity contribution in [2.75, 3.05) is 39.3 Å². The number of piperazine rings is 1. The van der Waals surface area contributed by atoms with Crippen molar-refractivity contribution in [1.29, 1.82) is 5.26 Å². The van der Waals surface area contributed by atoms with Crippen LogP contribution in [0.3, 0.4) is 0 Å². The second-order valence-corrected chi connectivity index (χ2v) is 6.40. The summed E-state index contributed by atoms with van der Waals surface area (Å²) in [6.45, 7) is 7.68. The van der Waals surface area contributed by atoms with Crippen molar-refractivity contribution in [2.24, 2.45) is 0 Å². The zero-order valence-corrected chi connectivity index (χ0v) is 14.3. The number of likely N-dealkylation sites (N-methyl/N-ethyl adjacent to an activating group) is 1. The minimum Gasteiger partial charge on any atom is -0.506 e. The van der Waals surface area contributed by atoms with Crippen LogP contribution in [-0.4, -0.2) is 54.3 Å². The Morgan fingerprint density at radius 2 is 1.96 bits per heavy atom. The summed E-state index contributed by atoms with van der Waals surface area (Å²) in [5, 5.41) is 20.4. The largest absolute Gasteiger partial charge is 0.506 e. The molecule has 1 aromatic carbocycles. The highest BCUT2D eigenvalue weighted by Gasteiger charge is 2.24. The molecule has 0 saturated carbocycles. The van der Waals surface area contributed by atoms with E-state index in [1.54, 1.807) is 29.2 Å². The number of quaternary nitrogens is 2. The third kappa shape index (κ3) is 3.71. The van der Waals surface area contributed by atoms with Gasteiger partial charge in [0.05, 0.1) is 17.4 Å². The van der Waals surface area contributed by atoms with Crippen LogP contribution >= 0.6 is 0 Å². The van der Waals surface area contributed by atoms with Crippen LogP contribution in [0.15, 0.2) is 34.8 Å². The average Bonchev–Trinajstić information content (AvgIpc) is 2.63. The molecule has 2 aromatic rings. The number of nitriles is 1. The number of hydrogen-bond acceptors (Lipinski definition) is 4. The predicted molar refractivity (Wildman–Crippen MR) is 94.3 cm³/mol. The Balaban J connectivity index is 1.87. The maximum absolute atomic E-state index is 12.2. The second-order valence-electron chi connectivity index (χ2n) is 6.40. The summed E-state index contributed by atoms with van der Waals surface area (Å²) in [5.41, 5.74) is 0.239. The van der Waals surface area contributed by atoms with E-state index in [1.165, 1.54) is 4.90 Å². The normalized spacial score (nSPS) is 21.6. The van der Waals surface area contributed by atoms with E-state index in [9.17, 15) is 15.2 Å². The number of H-pyrrole nitrogens is 1. The van der Waals surface area contributed by atoms with Gasteiger partial charge in [-0.2, -0.15) is 5.26 Å². The summed E-state index contributed by atoms with van der Waals surface area (Å²) in [7, 11) is 0. The zero-order chi connectivity index (χ0) is 17.8. The van der Waals surface area contributed by atoms with E-state index in [1.807, 2.05) is 6.07 Å². The smallest absolute Gasteiger partial charge is 0.259 e. The van der Waals surface area contributed by atoms with E-state index in [4.69, 9.17) is 0 Å². The third-order valence-electron chi connectivity index (χ3n) is 4.83. The van der Waals surface area contributed by atoms with Crippen molar-refractivity contribution in [3.63, 3.8) is 0 Å². The fraction of sp³-hybridized carbons (Fsp3) is 0.389. The Labute approximate surface area is 145 Å². The molecular formula is C18H23N5O2+2. The fourth-order valence-corrected chi connectivity index (χ4v) is 3.27. The van der Waals surface area contributed by atoms with Gasteiger partial charge >= 0.3 is 0 Å². The van der Waals surface area contributed by atoms with Crippen molar-refractivity contribution in [2.45, 2.75) is 6.92 Å². The van der Waals surface area contributed by atoms with Crippen molar-refractivity contribution >= 4 is 16.5 Å². The lowest BCUT2D eigenvalue weighted by Gasteiger charge is -2.28. The van der Waals surface area contributed by atoms with Crippen molar-refractivity contribution < 1.29 is 14.9 Å². The molecule has 2 heterocycles. The van der Waals surface area contributed by atoms with Crippen LogP contribution in [0, 0.1) is 11.3 Å². The van der Waals surface area contributed by atoms with E-state index < -0.39 is 0 Å². The first kappa shape index (κ1) is 17.1. The lowest BCUT2D eigenvalue weighted by atomic mass is 10.2. The first-order valence-electron chi connectivity index (χ1n) is 8.61.